The second-order valence-electron chi connectivity index (χ2n) is 6.47. The Morgan fingerprint density at radius 1 is 0.929 bits per heavy atom. The molecule has 0 aliphatic carbocycles. The van der Waals surface area contributed by atoms with Gasteiger partial charge in [-0.15, -0.1) is 0 Å². The fourth-order valence-corrected chi connectivity index (χ4v) is 3.02. The van der Waals surface area contributed by atoms with E-state index in [1.165, 1.54) is 0 Å². The first-order chi connectivity index (χ1) is 13.6. The van der Waals surface area contributed by atoms with Gasteiger partial charge in [0, 0.05) is 5.56 Å². The van der Waals surface area contributed by atoms with Crippen LogP contribution >= 0.6 is 0 Å². The highest BCUT2D eigenvalue weighted by Gasteiger charge is 2.34. The van der Waals surface area contributed by atoms with E-state index in [0.29, 0.717) is 22.6 Å². The molecule has 0 spiro atoms. The zero-order valence-electron chi connectivity index (χ0n) is 15.2. The first-order valence-electron chi connectivity index (χ1n) is 8.95. The number of carbonyl (C=O) groups excluding carboxylic acids is 2. The quantitative estimate of drug-likeness (QED) is 0.589. The smallest absolute Gasteiger partial charge is 0.342 e. The van der Waals surface area contributed by atoms with Crippen molar-refractivity contribution in [3.8, 4) is 11.5 Å². The highest BCUT2D eigenvalue weighted by atomic mass is 16.7. The molecule has 1 aliphatic heterocycles. The average Bonchev–Trinajstić information content (AvgIpc) is 3.04. The largest absolute Gasteiger partial charge is 0.457 e. The number of hydrogen-bond acceptors (Lipinski definition) is 5. The summed E-state index contributed by atoms with van der Waals surface area (Å²) in [6.07, 6.45) is -1.01. The summed E-state index contributed by atoms with van der Waals surface area (Å²) in [5.74, 6) is -0.179. The van der Waals surface area contributed by atoms with Crippen molar-refractivity contribution in [1.82, 2.24) is 0 Å². The molecular formula is C23H18O5. The van der Waals surface area contributed by atoms with Crippen molar-refractivity contribution in [2.75, 3.05) is 0 Å². The maximum Gasteiger partial charge on any atom is 0.342 e. The Morgan fingerprint density at radius 3 is 2.46 bits per heavy atom. The molecule has 3 aromatic carbocycles. The van der Waals surface area contributed by atoms with E-state index in [1.54, 1.807) is 37.3 Å². The number of rotatable bonds is 5. The molecule has 0 bridgehead atoms. The summed E-state index contributed by atoms with van der Waals surface area (Å²) in [7, 11) is 0. The number of hydrogen-bond donors (Lipinski definition) is 0. The molecule has 0 radical (unpaired) electrons. The first-order valence-corrected chi connectivity index (χ1v) is 8.95. The van der Waals surface area contributed by atoms with Crippen LogP contribution in [0.5, 0.6) is 11.5 Å². The van der Waals surface area contributed by atoms with Crippen LogP contribution in [-0.2, 0) is 14.3 Å². The molecule has 3 aromatic rings. The van der Waals surface area contributed by atoms with Gasteiger partial charge in [-0.25, -0.2) is 4.79 Å². The van der Waals surface area contributed by atoms with Gasteiger partial charge in [0.2, 0.25) is 0 Å². The van der Waals surface area contributed by atoms with Crippen molar-refractivity contribution < 1.29 is 23.8 Å². The van der Waals surface area contributed by atoms with Crippen LogP contribution in [0, 0.1) is 0 Å². The van der Waals surface area contributed by atoms with E-state index in [4.69, 9.17) is 14.2 Å². The predicted molar refractivity (Wildman–Crippen MR) is 102 cm³/mol. The van der Waals surface area contributed by atoms with Crippen LogP contribution in [0.15, 0.2) is 78.9 Å². The van der Waals surface area contributed by atoms with Crippen LogP contribution in [0.4, 0.5) is 0 Å². The van der Waals surface area contributed by atoms with Gasteiger partial charge in [0.1, 0.15) is 11.5 Å². The Morgan fingerprint density at radius 2 is 1.64 bits per heavy atom. The molecule has 2 atom stereocenters. The normalized spacial score (nSPS) is 16.0. The standard InChI is InChI=1S/C23H18O5/c1-15(16-8-7-11-18(14-16)26-17-9-3-2-4-10-17)21(24)27-23-20-13-6-5-12-19(20)22(25)28-23/h2-15,23H,1H3. The zero-order chi connectivity index (χ0) is 19.5. The summed E-state index contributed by atoms with van der Waals surface area (Å²) >= 11 is 0. The highest BCUT2D eigenvalue weighted by molar-refractivity contribution is 5.94. The van der Waals surface area contributed by atoms with E-state index >= 15 is 0 Å². The number of cyclic esters (lactones) is 1. The van der Waals surface area contributed by atoms with Crippen molar-refractivity contribution in [3.05, 3.63) is 95.6 Å². The Kier molecular flexibility index (Phi) is 4.81. The third-order valence-electron chi connectivity index (χ3n) is 4.56. The molecule has 0 saturated carbocycles. The summed E-state index contributed by atoms with van der Waals surface area (Å²) in [5, 5.41) is 0. The number of esters is 2. The molecule has 0 amide bonds. The molecule has 0 aromatic heterocycles. The van der Waals surface area contributed by atoms with Crippen LogP contribution in [0.1, 0.15) is 40.6 Å². The van der Waals surface area contributed by atoms with Gasteiger partial charge in [-0.3, -0.25) is 4.79 Å². The molecule has 1 heterocycles. The minimum atomic E-state index is -1.01. The van der Waals surface area contributed by atoms with Gasteiger partial charge in [-0.2, -0.15) is 0 Å². The van der Waals surface area contributed by atoms with Gasteiger partial charge in [-0.05, 0) is 42.8 Å². The van der Waals surface area contributed by atoms with Crippen LogP contribution < -0.4 is 4.74 Å². The number of fused-ring (bicyclic) bond motifs is 1. The molecular weight excluding hydrogens is 356 g/mol. The molecule has 0 saturated heterocycles. The van der Waals surface area contributed by atoms with E-state index in [9.17, 15) is 9.59 Å². The third kappa shape index (κ3) is 3.60. The van der Waals surface area contributed by atoms with Gasteiger partial charge < -0.3 is 14.2 Å². The highest BCUT2D eigenvalue weighted by Crippen LogP contribution is 2.33. The molecule has 140 valence electrons. The van der Waals surface area contributed by atoms with E-state index in [1.807, 2.05) is 48.5 Å². The second kappa shape index (κ2) is 7.56. The van der Waals surface area contributed by atoms with Crippen molar-refractivity contribution in [2.45, 2.75) is 19.1 Å². The van der Waals surface area contributed by atoms with Crippen molar-refractivity contribution >= 4 is 11.9 Å². The summed E-state index contributed by atoms with van der Waals surface area (Å²) in [6, 6.07) is 23.6. The molecule has 0 fully saturated rings. The van der Waals surface area contributed by atoms with Crippen LogP contribution in [0.3, 0.4) is 0 Å². The number of carbonyl (C=O) groups is 2. The molecule has 28 heavy (non-hydrogen) atoms. The SMILES string of the molecule is CC(C(=O)OC1OC(=O)c2ccccc21)c1cccc(Oc2ccccc2)c1. The number of benzene rings is 3. The zero-order valence-corrected chi connectivity index (χ0v) is 15.2. The molecule has 5 nitrogen and oxygen atoms in total. The monoisotopic (exact) mass is 374 g/mol. The summed E-state index contributed by atoms with van der Waals surface area (Å²) in [4.78, 5) is 24.5. The summed E-state index contributed by atoms with van der Waals surface area (Å²) in [6.45, 7) is 1.74. The lowest BCUT2D eigenvalue weighted by Crippen LogP contribution is -2.17. The minimum absolute atomic E-state index is 0.422. The first kappa shape index (κ1) is 17.8. The molecule has 2 unspecified atom stereocenters. The van der Waals surface area contributed by atoms with Crippen molar-refractivity contribution in [1.29, 1.82) is 0 Å². The molecule has 0 N–H and O–H groups in total. The van der Waals surface area contributed by atoms with E-state index in [0.717, 1.165) is 5.56 Å². The average molecular weight is 374 g/mol. The number of ether oxygens (including phenoxy) is 3. The van der Waals surface area contributed by atoms with E-state index in [2.05, 4.69) is 0 Å². The van der Waals surface area contributed by atoms with Gasteiger partial charge in [0.25, 0.3) is 6.29 Å². The Hall–Kier alpha value is -3.60. The van der Waals surface area contributed by atoms with Crippen molar-refractivity contribution in [3.63, 3.8) is 0 Å². The Balaban J connectivity index is 1.47. The van der Waals surface area contributed by atoms with Gasteiger partial charge in [-0.1, -0.05) is 48.5 Å². The summed E-state index contributed by atoms with van der Waals surface area (Å²) in [5.41, 5.74) is 1.73. The number of para-hydroxylation sites is 1. The van der Waals surface area contributed by atoms with Crippen LogP contribution in [-0.4, -0.2) is 11.9 Å². The van der Waals surface area contributed by atoms with Crippen LogP contribution in [0.25, 0.3) is 0 Å². The predicted octanol–water partition coefficient (Wildman–Crippen LogP) is 4.99. The fourth-order valence-electron chi connectivity index (χ4n) is 3.02. The van der Waals surface area contributed by atoms with Gasteiger partial charge >= 0.3 is 11.9 Å². The van der Waals surface area contributed by atoms with Gasteiger partial charge in [0.15, 0.2) is 0 Å². The second-order valence-corrected chi connectivity index (χ2v) is 6.47. The Labute approximate surface area is 162 Å². The Bertz CT molecular complexity index is 1010. The molecule has 1 aliphatic rings. The van der Waals surface area contributed by atoms with E-state index in [-0.39, 0.29) is 0 Å². The van der Waals surface area contributed by atoms with Crippen molar-refractivity contribution in [2.24, 2.45) is 0 Å². The third-order valence-corrected chi connectivity index (χ3v) is 4.56. The fraction of sp³-hybridized carbons (Fsp3) is 0.130. The summed E-state index contributed by atoms with van der Waals surface area (Å²) < 4.78 is 16.5. The maximum atomic E-state index is 12.6. The lowest BCUT2D eigenvalue weighted by Gasteiger charge is -2.17. The van der Waals surface area contributed by atoms with E-state index < -0.39 is 24.1 Å². The maximum absolute atomic E-state index is 12.6. The molecule has 4 rings (SSSR count). The van der Waals surface area contributed by atoms with Crippen LogP contribution in [0.2, 0.25) is 0 Å². The molecule has 5 heteroatoms. The minimum Gasteiger partial charge on any atom is -0.457 e. The van der Waals surface area contributed by atoms with Gasteiger partial charge in [0.05, 0.1) is 11.5 Å². The topological polar surface area (TPSA) is 61.8 Å². The lowest BCUT2D eigenvalue weighted by molar-refractivity contribution is -0.169. The lowest BCUT2D eigenvalue weighted by atomic mass is 10.0.